The van der Waals surface area contributed by atoms with Crippen LogP contribution in [0.25, 0.3) is 11.3 Å². The minimum absolute atomic E-state index is 0.0117. The van der Waals surface area contributed by atoms with Crippen molar-refractivity contribution >= 4 is 11.8 Å². The molecule has 0 saturated heterocycles. The van der Waals surface area contributed by atoms with Gasteiger partial charge in [0.25, 0.3) is 0 Å². The van der Waals surface area contributed by atoms with E-state index in [9.17, 15) is 14.0 Å². The van der Waals surface area contributed by atoms with Crippen LogP contribution in [0.4, 0.5) is 4.39 Å². The van der Waals surface area contributed by atoms with Gasteiger partial charge in [-0.3, -0.25) is 9.59 Å². The first-order valence-corrected chi connectivity index (χ1v) is 9.87. The molecule has 31 heavy (non-hydrogen) atoms. The molecule has 2 heterocycles. The highest BCUT2D eigenvalue weighted by atomic mass is 19.1. The number of benzene rings is 2. The number of hydrogen-bond donors (Lipinski definition) is 0. The second-order valence-corrected chi connectivity index (χ2v) is 6.92. The lowest BCUT2D eigenvalue weighted by Gasteiger charge is -2.09. The smallest absolute Gasteiger partial charge is 0.306 e. The molecular formula is C23H20FNO6. The van der Waals surface area contributed by atoms with Crippen LogP contribution in [0.1, 0.15) is 29.1 Å². The third-order valence-corrected chi connectivity index (χ3v) is 4.66. The van der Waals surface area contributed by atoms with E-state index in [1.807, 2.05) is 0 Å². The molecular weight excluding hydrogens is 405 g/mol. The maximum absolute atomic E-state index is 13.0. The first-order valence-electron chi connectivity index (χ1n) is 9.87. The molecule has 3 aromatic rings. The highest BCUT2D eigenvalue weighted by Crippen LogP contribution is 2.30. The first kappa shape index (κ1) is 20.6. The van der Waals surface area contributed by atoms with Gasteiger partial charge in [-0.2, -0.15) is 0 Å². The molecule has 1 aliphatic heterocycles. The van der Waals surface area contributed by atoms with Crippen LogP contribution in [0, 0.1) is 5.82 Å². The van der Waals surface area contributed by atoms with Gasteiger partial charge in [0.1, 0.15) is 5.82 Å². The Morgan fingerprint density at radius 2 is 1.81 bits per heavy atom. The number of nitrogens with zero attached hydrogens (tertiary/aromatic N) is 1. The van der Waals surface area contributed by atoms with Gasteiger partial charge in [0, 0.05) is 24.0 Å². The Morgan fingerprint density at radius 1 is 1.03 bits per heavy atom. The van der Waals surface area contributed by atoms with Crippen molar-refractivity contribution in [3.8, 4) is 22.8 Å². The number of aromatic nitrogens is 1. The van der Waals surface area contributed by atoms with Gasteiger partial charge in [0.15, 0.2) is 35.5 Å². The third kappa shape index (κ3) is 5.28. The van der Waals surface area contributed by atoms with Gasteiger partial charge in [-0.15, -0.1) is 0 Å². The number of halogens is 1. The summed E-state index contributed by atoms with van der Waals surface area (Å²) in [4.78, 5) is 28.5. The fourth-order valence-electron chi connectivity index (χ4n) is 3.02. The SMILES string of the molecule is O=C(CCc1ncc(-c2ccc(F)cc2)o1)OCC(=O)c1ccc2c(c1)OCCCO2. The van der Waals surface area contributed by atoms with Crippen LogP contribution in [-0.2, 0) is 16.0 Å². The Hall–Kier alpha value is -3.68. The van der Waals surface area contributed by atoms with Crippen molar-refractivity contribution < 1.29 is 32.6 Å². The summed E-state index contributed by atoms with van der Waals surface area (Å²) >= 11 is 0. The molecule has 8 heteroatoms. The van der Waals surface area contributed by atoms with Crippen molar-refractivity contribution in [2.45, 2.75) is 19.3 Å². The van der Waals surface area contributed by atoms with E-state index in [1.54, 1.807) is 30.3 Å². The standard InChI is InChI=1S/C23H20FNO6/c24-17-5-2-15(3-6-17)21-13-25-22(31-21)8-9-23(27)30-14-18(26)16-4-7-19-20(12-16)29-11-1-10-28-19/h2-7,12-13H,1,8-11,14H2. The van der Waals surface area contributed by atoms with E-state index in [1.165, 1.54) is 18.3 Å². The topological polar surface area (TPSA) is 87.9 Å². The molecule has 7 nitrogen and oxygen atoms in total. The normalized spacial score (nSPS) is 12.8. The fraction of sp³-hybridized carbons (Fsp3) is 0.261. The molecule has 0 atom stereocenters. The quantitative estimate of drug-likeness (QED) is 0.418. The van der Waals surface area contributed by atoms with Crippen LogP contribution < -0.4 is 9.47 Å². The van der Waals surface area contributed by atoms with Crippen LogP contribution in [0.5, 0.6) is 11.5 Å². The van der Waals surface area contributed by atoms with Gasteiger partial charge in [-0.25, -0.2) is 9.37 Å². The zero-order valence-corrected chi connectivity index (χ0v) is 16.6. The van der Waals surface area contributed by atoms with E-state index in [-0.39, 0.29) is 31.0 Å². The fourth-order valence-corrected chi connectivity index (χ4v) is 3.02. The van der Waals surface area contributed by atoms with Gasteiger partial charge in [-0.1, -0.05) is 0 Å². The average molecular weight is 425 g/mol. The third-order valence-electron chi connectivity index (χ3n) is 4.66. The lowest BCUT2D eigenvalue weighted by molar-refractivity contribution is -0.142. The molecule has 1 aliphatic rings. The zero-order chi connectivity index (χ0) is 21.6. The average Bonchev–Trinajstić information content (AvgIpc) is 3.13. The van der Waals surface area contributed by atoms with Crippen LogP contribution in [0.2, 0.25) is 0 Å². The van der Waals surface area contributed by atoms with E-state index in [0.717, 1.165) is 6.42 Å². The molecule has 0 aliphatic carbocycles. The largest absolute Gasteiger partial charge is 0.490 e. The zero-order valence-electron chi connectivity index (χ0n) is 16.6. The number of carbonyl (C=O) groups is 2. The van der Waals surface area contributed by atoms with E-state index < -0.39 is 5.97 Å². The van der Waals surface area contributed by atoms with Crippen LogP contribution >= 0.6 is 0 Å². The Bertz CT molecular complexity index is 1080. The summed E-state index contributed by atoms with van der Waals surface area (Å²) in [5.74, 6) is 0.724. The minimum Gasteiger partial charge on any atom is -0.490 e. The van der Waals surface area contributed by atoms with Gasteiger partial charge in [0.2, 0.25) is 0 Å². The number of ketones is 1. The maximum Gasteiger partial charge on any atom is 0.306 e. The summed E-state index contributed by atoms with van der Waals surface area (Å²) < 4.78 is 34.8. The first-order chi connectivity index (χ1) is 15.1. The molecule has 1 aromatic heterocycles. The van der Waals surface area contributed by atoms with Gasteiger partial charge < -0.3 is 18.6 Å². The number of ether oxygens (including phenoxy) is 3. The predicted molar refractivity (Wildman–Crippen MR) is 108 cm³/mol. The molecule has 0 saturated carbocycles. The van der Waals surface area contributed by atoms with Crippen molar-refractivity contribution in [1.29, 1.82) is 0 Å². The number of oxazole rings is 1. The number of esters is 1. The molecule has 0 bridgehead atoms. The summed E-state index contributed by atoms with van der Waals surface area (Å²) in [5, 5.41) is 0. The van der Waals surface area contributed by atoms with Crippen molar-refractivity contribution in [1.82, 2.24) is 4.98 Å². The van der Waals surface area contributed by atoms with Gasteiger partial charge in [-0.05, 0) is 42.5 Å². The number of Topliss-reactive ketones (excluding diaryl/α,β-unsaturated/α-hetero) is 1. The van der Waals surface area contributed by atoms with Crippen LogP contribution in [0.3, 0.4) is 0 Å². The van der Waals surface area contributed by atoms with Crippen LogP contribution in [-0.4, -0.2) is 36.6 Å². The number of carbonyl (C=O) groups excluding carboxylic acids is 2. The number of fused-ring (bicyclic) bond motifs is 1. The van der Waals surface area contributed by atoms with Crippen molar-refractivity contribution in [3.05, 3.63) is 65.9 Å². The highest BCUT2D eigenvalue weighted by Gasteiger charge is 2.16. The maximum atomic E-state index is 13.0. The Kier molecular flexibility index (Phi) is 6.26. The molecule has 0 fully saturated rings. The van der Waals surface area contributed by atoms with Crippen molar-refractivity contribution in [2.75, 3.05) is 19.8 Å². The molecule has 0 amide bonds. The van der Waals surface area contributed by atoms with Gasteiger partial charge in [0.05, 0.1) is 25.8 Å². The predicted octanol–water partition coefficient (Wildman–Crippen LogP) is 4.00. The number of rotatable bonds is 7. The monoisotopic (exact) mass is 425 g/mol. The Balaban J connectivity index is 1.26. The number of aryl methyl sites for hydroxylation is 1. The van der Waals surface area contributed by atoms with Gasteiger partial charge >= 0.3 is 5.97 Å². The van der Waals surface area contributed by atoms with Crippen molar-refractivity contribution in [2.24, 2.45) is 0 Å². The summed E-state index contributed by atoms with van der Waals surface area (Å²) in [6.07, 6.45) is 2.52. The van der Waals surface area contributed by atoms with E-state index in [2.05, 4.69) is 4.98 Å². The van der Waals surface area contributed by atoms with E-state index >= 15 is 0 Å². The molecule has 0 N–H and O–H groups in total. The molecule has 0 spiro atoms. The second-order valence-electron chi connectivity index (χ2n) is 6.92. The second kappa shape index (κ2) is 9.42. The summed E-state index contributed by atoms with van der Waals surface area (Å²) in [6, 6.07) is 10.7. The molecule has 2 aromatic carbocycles. The highest BCUT2D eigenvalue weighted by molar-refractivity contribution is 5.98. The lowest BCUT2D eigenvalue weighted by Crippen LogP contribution is -2.14. The Morgan fingerprint density at radius 3 is 2.61 bits per heavy atom. The summed E-state index contributed by atoms with van der Waals surface area (Å²) in [7, 11) is 0. The molecule has 0 unspecified atom stereocenters. The minimum atomic E-state index is -0.538. The summed E-state index contributed by atoms with van der Waals surface area (Å²) in [5.41, 5.74) is 1.07. The molecule has 160 valence electrons. The van der Waals surface area contributed by atoms with Crippen molar-refractivity contribution in [3.63, 3.8) is 0 Å². The van der Waals surface area contributed by atoms with E-state index in [4.69, 9.17) is 18.6 Å². The molecule has 4 rings (SSSR count). The Labute approximate surface area is 177 Å². The van der Waals surface area contributed by atoms with Crippen LogP contribution in [0.15, 0.2) is 53.1 Å². The summed E-state index contributed by atoms with van der Waals surface area (Å²) in [6.45, 7) is 0.710. The lowest BCUT2D eigenvalue weighted by atomic mass is 10.1. The number of hydrogen-bond acceptors (Lipinski definition) is 7. The van der Waals surface area contributed by atoms with E-state index in [0.29, 0.717) is 47.5 Å². The molecule has 0 radical (unpaired) electrons.